The molecule has 3 aromatic carbocycles. The third kappa shape index (κ3) is 4.96. The van der Waals surface area contributed by atoms with E-state index in [9.17, 15) is 26.3 Å². The van der Waals surface area contributed by atoms with E-state index in [4.69, 9.17) is 0 Å². The van der Waals surface area contributed by atoms with Crippen LogP contribution in [0.15, 0.2) is 54.6 Å². The predicted octanol–water partition coefficient (Wildman–Crippen LogP) is 7.37. The standard InChI is InChI=1S/C23H18F6O/c1-2-3-4-5-14-6-8-15(9-7-14)16-10-17-12-19(25)22(30-13-23(27,28)29)21(26)20(17)18(24)11-16/h2-3,6-12H,4-5,13H2,1H3/b3-2+. The van der Waals surface area contributed by atoms with Crippen molar-refractivity contribution in [3.05, 3.63) is 77.6 Å². The van der Waals surface area contributed by atoms with E-state index in [1.165, 1.54) is 6.07 Å². The van der Waals surface area contributed by atoms with Crippen LogP contribution < -0.4 is 4.74 Å². The Kier molecular flexibility index (Phi) is 6.39. The molecule has 0 aliphatic carbocycles. The molecular weight excluding hydrogens is 406 g/mol. The van der Waals surface area contributed by atoms with Crippen LogP contribution in [-0.2, 0) is 6.42 Å². The molecule has 0 N–H and O–H groups in total. The smallest absolute Gasteiger partial charge is 0.422 e. The van der Waals surface area contributed by atoms with Crippen molar-refractivity contribution in [1.82, 2.24) is 0 Å². The van der Waals surface area contributed by atoms with Gasteiger partial charge in [0.1, 0.15) is 5.82 Å². The number of ether oxygens (including phenoxy) is 1. The van der Waals surface area contributed by atoms with Crippen LogP contribution in [0.5, 0.6) is 5.75 Å². The lowest BCUT2D eigenvalue weighted by atomic mass is 9.98. The van der Waals surface area contributed by atoms with E-state index in [1.54, 1.807) is 12.1 Å². The van der Waals surface area contributed by atoms with Gasteiger partial charge in [-0.15, -0.1) is 0 Å². The summed E-state index contributed by atoms with van der Waals surface area (Å²) in [6.07, 6.45) is 0.952. The summed E-state index contributed by atoms with van der Waals surface area (Å²) in [6.45, 7) is 0.0564. The molecule has 0 saturated heterocycles. The molecule has 3 aromatic rings. The lowest BCUT2D eigenvalue weighted by Gasteiger charge is -2.13. The molecule has 30 heavy (non-hydrogen) atoms. The quantitative estimate of drug-likeness (QED) is 0.296. The van der Waals surface area contributed by atoms with Crippen molar-refractivity contribution in [2.75, 3.05) is 6.61 Å². The lowest BCUT2D eigenvalue weighted by molar-refractivity contribution is -0.154. The van der Waals surface area contributed by atoms with Gasteiger partial charge in [-0.05, 0) is 60.0 Å². The molecule has 3 rings (SSSR count). The molecule has 7 heteroatoms. The fourth-order valence-corrected chi connectivity index (χ4v) is 3.13. The molecule has 0 spiro atoms. The zero-order valence-corrected chi connectivity index (χ0v) is 16.0. The van der Waals surface area contributed by atoms with Crippen LogP contribution in [0.25, 0.3) is 21.9 Å². The summed E-state index contributed by atoms with van der Waals surface area (Å²) in [4.78, 5) is 0. The first-order valence-corrected chi connectivity index (χ1v) is 9.21. The second-order valence-electron chi connectivity index (χ2n) is 6.77. The van der Waals surface area contributed by atoms with E-state index in [0.717, 1.165) is 30.5 Å². The van der Waals surface area contributed by atoms with Gasteiger partial charge in [0.25, 0.3) is 0 Å². The number of allylic oxidation sites excluding steroid dienone is 2. The Balaban J connectivity index is 1.96. The third-order valence-electron chi connectivity index (χ3n) is 4.54. The molecule has 0 aromatic heterocycles. The average molecular weight is 424 g/mol. The first-order valence-electron chi connectivity index (χ1n) is 9.21. The number of aryl methyl sites for hydroxylation is 1. The number of halogens is 6. The molecule has 0 atom stereocenters. The topological polar surface area (TPSA) is 9.23 Å². The molecule has 0 aliphatic heterocycles. The van der Waals surface area contributed by atoms with Crippen molar-refractivity contribution in [2.24, 2.45) is 0 Å². The van der Waals surface area contributed by atoms with Gasteiger partial charge in [0.15, 0.2) is 24.0 Å². The molecule has 0 aliphatic rings. The fraction of sp³-hybridized carbons (Fsp3) is 0.217. The van der Waals surface area contributed by atoms with Crippen LogP contribution >= 0.6 is 0 Å². The first kappa shape index (κ1) is 21.7. The van der Waals surface area contributed by atoms with E-state index in [0.29, 0.717) is 11.1 Å². The van der Waals surface area contributed by atoms with Gasteiger partial charge < -0.3 is 4.74 Å². The van der Waals surface area contributed by atoms with Gasteiger partial charge in [-0.25, -0.2) is 13.2 Å². The SMILES string of the molecule is C/C=C/CCc1ccc(-c2cc(F)c3c(F)c(OCC(F)(F)F)c(F)cc3c2)cc1. The molecule has 0 amide bonds. The van der Waals surface area contributed by atoms with Crippen molar-refractivity contribution in [3.8, 4) is 16.9 Å². The van der Waals surface area contributed by atoms with Crippen LogP contribution in [0.1, 0.15) is 18.9 Å². The van der Waals surface area contributed by atoms with Gasteiger partial charge in [-0.2, -0.15) is 13.2 Å². The number of fused-ring (bicyclic) bond motifs is 1. The van der Waals surface area contributed by atoms with E-state index < -0.39 is 41.4 Å². The largest absolute Gasteiger partial charge is 0.478 e. The first-order chi connectivity index (χ1) is 14.2. The minimum Gasteiger partial charge on any atom is -0.478 e. The van der Waals surface area contributed by atoms with Crippen LogP contribution in [0.2, 0.25) is 0 Å². The summed E-state index contributed by atoms with van der Waals surface area (Å²) >= 11 is 0. The molecular formula is C23H18F6O. The predicted molar refractivity (Wildman–Crippen MR) is 104 cm³/mol. The zero-order chi connectivity index (χ0) is 21.9. The Morgan fingerprint density at radius 1 is 0.900 bits per heavy atom. The summed E-state index contributed by atoms with van der Waals surface area (Å²) in [7, 11) is 0. The lowest BCUT2D eigenvalue weighted by Crippen LogP contribution is -2.20. The summed E-state index contributed by atoms with van der Waals surface area (Å²) in [5, 5.41) is -0.739. The number of hydrogen-bond acceptors (Lipinski definition) is 1. The summed E-state index contributed by atoms with van der Waals surface area (Å²) in [6, 6.07) is 10.5. The molecule has 0 bridgehead atoms. The van der Waals surface area contributed by atoms with Gasteiger partial charge in [-0.3, -0.25) is 0 Å². The van der Waals surface area contributed by atoms with Gasteiger partial charge >= 0.3 is 6.18 Å². The Labute approximate surface area is 169 Å². The van der Waals surface area contributed by atoms with E-state index in [1.807, 2.05) is 31.2 Å². The van der Waals surface area contributed by atoms with E-state index in [2.05, 4.69) is 4.74 Å². The highest BCUT2D eigenvalue weighted by Crippen LogP contribution is 2.35. The average Bonchev–Trinajstić information content (AvgIpc) is 2.67. The second-order valence-corrected chi connectivity index (χ2v) is 6.77. The Bertz CT molecular complexity index is 1070. The van der Waals surface area contributed by atoms with Gasteiger partial charge in [-0.1, -0.05) is 36.4 Å². The van der Waals surface area contributed by atoms with Crippen LogP contribution in [0.4, 0.5) is 26.3 Å². The molecule has 0 heterocycles. The van der Waals surface area contributed by atoms with E-state index in [-0.39, 0.29) is 5.39 Å². The summed E-state index contributed by atoms with van der Waals surface area (Å²) < 4.78 is 84.4. The Hall–Kier alpha value is -2.96. The molecule has 0 radical (unpaired) electrons. The molecule has 0 unspecified atom stereocenters. The third-order valence-corrected chi connectivity index (χ3v) is 4.54. The summed E-state index contributed by atoms with van der Waals surface area (Å²) in [5.41, 5.74) is 2.12. The minimum absolute atomic E-state index is 0.114. The van der Waals surface area contributed by atoms with Crippen LogP contribution in [0.3, 0.4) is 0 Å². The number of rotatable bonds is 6. The van der Waals surface area contributed by atoms with Crippen molar-refractivity contribution < 1.29 is 31.1 Å². The van der Waals surface area contributed by atoms with Gasteiger partial charge in [0, 0.05) is 0 Å². The van der Waals surface area contributed by atoms with E-state index >= 15 is 0 Å². The maximum Gasteiger partial charge on any atom is 0.422 e. The van der Waals surface area contributed by atoms with Crippen LogP contribution in [-0.4, -0.2) is 12.8 Å². The maximum absolute atomic E-state index is 14.6. The molecule has 0 fully saturated rings. The molecule has 1 nitrogen and oxygen atoms in total. The molecule has 158 valence electrons. The molecule has 0 saturated carbocycles. The van der Waals surface area contributed by atoms with Crippen LogP contribution in [0, 0.1) is 17.5 Å². The fourth-order valence-electron chi connectivity index (χ4n) is 3.13. The second kappa shape index (κ2) is 8.81. The Morgan fingerprint density at radius 2 is 1.60 bits per heavy atom. The van der Waals surface area contributed by atoms with Crippen molar-refractivity contribution >= 4 is 10.8 Å². The van der Waals surface area contributed by atoms with Crippen molar-refractivity contribution in [1.29, 1.82) is 0 Å². The highest BCUT2D eigenvalue weighted by atomic mass is 19.4. The van der Waals surface area contributed by atoms with Crippen molar-refractivity contribution in [2.45, 2.75) is 25.9 Å². The number of benzene rings is 3. The van der Waals surface area contributed by atoms with Gasteiger partial charge in [0.2, 0.25) is 0 Å². The van der Waals surface area contributed by atoms with Gasteiger partial charge in [0.05, 0.1) is 5.39 Å². The number of hydrogen-bond donors (Lipinski definition) is 0. The highest BCUT2D eigenvalue weighted by molar-refractivity contribution is 5.89. The minimum atomic E-state index is -4.78. The highest BCUT2D eigenvalue weighted by Gasteiger charge is 2.30. The summed E-state index contributed by atoms with van der Waals surface area (Å²) in [5.74, 6) is -5.11. The van der Waals surface area contributed by atoms with Crippen molar-refractivity contribution in [3.63, 3.8) is 0 Å². The Morgan fingerprint density at radius 3 is 2.23 bits per heavy atom. The normalized spacial score (nSPS) is 12.1. The maximum atomic E-state index is 14.6. The number of alkyl halides is 3. The zero-order valence-electron chi connectivity index (χ0n) is 16.0. The monoisotopic (exact) mass is 424 g/mol.